The molecule has 2 aromatic heterocycles. The van der Waals surface area contributed by atoms with E-state index in [-0.39, 0.29) is 18.0 Å². The van der Waals surface area contributed by atoms with E-state index in [1.165, 1.54) is 40.0 Å². The summed E-state index contributed by atoms with van der Waals surface area (Å²) in [6.45, 7) is 0.0672. The van der Waals surface area contributed by atoms with Gasteiger partial charge in [-0.25, -0.2) is 9.37 Å². The first-order valence-electron chi connectivity index (χ1n) is 7.48. The minimum Gasteiger partial charge on any atom is -0.366 e. The number of nitrogens with two attached hydrogens (primary N) is 1. The number of hydrogen-bond donors (Lipinski definition) is 1. The molecule has 2 heterocycles. The van der Waals surface area contributed by atoms with Crippen LogP contribution in [0.3, 0.4) is 0 Å². The monoisotopic (exact) mass is 341 g/mol. The standard InChI is InChI=1S/C17H16FN5O2/c1-22(2)15(24)9-23-8-11(7-20-23)16-13(17(19)25)6-10-5-12(18)3-4-14(10)21-16/h3-8H,9H2,1-2H3,(H2,19,25). The van der Waals surface area contributed by atoms with Crippen LogP contribution in [0.25, 0.3) is 22.2 Å². The van der Waals surface area contributed by atoms with Crippen molar-refractivity contribution in [2.75, 3.05) is 14.1 Å². The van der Waals surface area contributed by atoms with Gasteiger partial charge in [-0.1, -0.05) is 0 Å². The Hall–Kier alpha value is -3.29. The lowest BCUT2D eigenvalue weighted by Gasteiger charge is -2.09. The van der Waals surface area contributed by atoms with Crippen molar-refractivity contribution in [3.8, 4) is 11.3 Å². The van der Waals surface area contributed by atoms with Gasteiger partial charge < -0.3 is 10.6 Å². The zero-order chi connectivity index (χ0) is 18.1. The van der Waals surface area contributed by atoms with Crippen LogP contribution in [0.4, 0.5) is 4.39 Å². The van der Waals surface area contributed by atoms with Gasteiger partial charge in [0.1, 0.15) is 12.4 Å². The van der Waals surface area contributed by atoms with Gasteiger partial charge in [0.25, 0.3) is 5.91 Å². The minimum absolute atomic E-state index is 0.0672. The molecule has 0 spiro atoms. The molecule has 0 radical (unpaired) electrons. The molecule has 0 fully saturated rings. The predicted octanol–water partition coefficient (Wildman–Crippen LogP) is 1.42. The van der Waals surface area contributed by atoms with Crippen LogP contribution in [0.2, 0.25) is 0 Å². The van der Waals surface area contributed by atoms with E-state index in [2.05, 4.69) is 10.1 Å². The molecule has 0 aliphatic carbocycles. The van der Waals surface area contributed by atoms with Crippen molar-refractivity contribution in [3.63, 3.8) is 0 Å². The number of aromatic nitrogens is 3. The SMILES string of the molecule is CN(C)C(=O)Cn1cc(-c2nc3ccc(F)cc3cc2C(N)=O)cn1. The molecule has 25 heavy (non-hydrogen) atoms. The van der Waals surface area contributed by atoms with Crippen LogP contribution < -0.4 is 5.73 Å². The molecule has 0 atom stereocenters. The smallest absolute Gasteiger partial charge is 0.250 e. The normalized spacial score (nSPS) is 10.8. The second kappa shape index (κ2) is 6.31. The van der Waals surface area contributed by atoms with Crippen LogP contribution in [0.15, 0.2) is 36.7 Å². The molecule has 2 N–H and O–H groups in total. The van der Waals surface area contributed by atoms with E-state index in [1.54, 1.807) is 20.3 Å². The van der Waals surface area contributed by atoms with Gasteiger partial charge >= 0.3 is 0 Å². The van der Waals surface area contributed by atoms with Crippen molar-refractivity contribution < 1.29 is 14.0 Å². The Bertz CT molecular complexity index is 980. The molecule has 2 amide bonds. The summed E-state index contributed by atoms with van der Waals surface area (Å²) in [5.74, 6) is -1.22. The Morgan fingerprint density at radius 3 is 2.72 bits per heavy atom. The van der Waals surface area contributed by atoms with Gasteiger partial charge in [0.15, 0.2) is 0 Å². The van der Waals surface area contributed by atoms with Gasteiger partial charge in [-0.2, -0.15) is 5.10 Å². The third kappa shape index (κ3) is 3.32. The number of nitrogens with zero attached hydrogens (tertiary/aromatic N) is 4. The quantitative estimate of drug-likeness (QED) is 0.776. The maximum atomic E-state index is 13.4. The van der Waals surface area contributed by atoms with E-state index >= 15 is 0 Å². The topological polar surface area (TPSA) is 94.1 Å². The fourth-order valence-corrected chi connectivity index (χ4v) is 2.41. The van der Waals surface area contributed by atoms with Crippen molar-refractivity contribution in [3.05, 3.63) is 48.0 Å². The van der Waals surface area contributed by atoms with Crippen LogP contribution in [0.1, 0.15) is 10.4 Å². The summed E-state index contributed by atoms with van der Waals surface area (Å²) in [7, 11) is 3.31. The van der Waals surface area contributed by atoms with Crippen molar-refractivity contribution in [2.24, 2.45) is 5.73 Å². The molecule has 3 rings (SSSR count). The molecular weight excluding hydrogens is 325 g/mol. The zero-order valence-electron chi connectivity index (χ0n) is 13.7. The van der Waals surface area contributed by atoms with E-state index in [4.69, 9.17) is 5.73 Å². The largest absolute Gasteiger partial charge is 0.366 e. The molecule has 0 saturated carbocycles. The Morgan fingerprint density at radius 1 is 1.28 bits per heavy atom. The summed E-state index contributed by atoms with van der Waals surface area (Å²) < 4.78 is 14.8. The van der Waals surface area contributed by atoms with Gasteiger partial charge in [-0.3, -0.25) is 14.3 Å². The van der Waals surface area contributed by atoms with Crippen molar-refractivity contribution in [1.82, 2.24) is 19.7 Å². The van der Waals surface area contributed by atoms with E-state index in [1.807, 2.05) is 0 Å². The zero-order valence-corrected chi connectivity index (χ0v) is 13.7. The van der Waals surface area contributed by atoms with Crippen molar-refractivity contribution in [1.29, 1.82) is 0 Å². The number of pyridine rings is 1. The van der Waals surface area contributed by atoms with Gasteiger partial charge in [0, 0.05) is 31.2 Å². The Balaban J connectivity index is 2.07. The highest BCUT2D eigenvalue weighted by molar-refractivity contribution is 6.02. The summed E-state index contributed by atoms with van der Waals surface area (Å²) in [5, 5.41) is 4.61. The van der Waals surface area contributed by atoms with E-state index in [0.717, 1.165) is 0 Å². The number of carbonyl (C=O) groups excluding carboxylic acids is 2. The molecule has 7 nitrogen and oxygen atoms in total. The third-order valence-corrected chi connectivity index (χ3v) is 3.74. The molecule has 0 unspecified atom stereocenters. The molecule has 3 aromatic rings. The number of rotatable bonds is 4. The second-order valence-corrected chi connectivity index (χ2v) is 5.80. The summed E-state index contributed by atoms with van der Waals surface area (Å²) in [5.41, 5.74) is 7.03. The van der Waals surface area contributed by atoms with E-state index in [9.17, 15) is 14.0 Å². The van der Waals surface area contributed by atoms with Gasteiger partial charge in [-0.05, 0) is 24.3 Å². The molecule has 0 aliphatic rings. The maximum absolute atomic E-state index is 13.4. The first-order valence-corrected chi connectivity index (χ1v) is 7.48. The first-order chi connectivity index (χ1) is 11.8. The van der Waals surface area contributed by atoms with Gasteiger partial charge in [0.2, 0.25) is 5.91 Å². The number of carbonyl (C=O) groups is 2. The van der Waals surface area contributed by atoms with Crippen LogP contribution in [0, 0.1) is 5.82 Å². The fraction of sp³-hybridized carbons (Fsp3) is 0.176. The van der Waals surface area contributed by atoms with Gasteiger partial charge in [-0.15, -0.1) is 0 Å². The molecule has 0 bridgehead atoms. The molecular formula is C17H16FN5O2. The summed E-state index contributed by atoms with van der Waals surface area (Å²) in [6, 6.07) is 5.62. The van der Waals surface area contributed by atoms with Crippen LogP contribution in [-0.2, 0) is 11.3 Å². The first kappa shape index (κ1) is 16.6. The van der Waals surface area contributed by atoms with E-state index in [0.29, 0.717) is 22.2 Å². The molecule has 128 valence electrons. The summed E-state index contributed by atoms with van der Waals surface area (Å²) >= 11 is 0. The lowest BCUT2D eigenvalue weighted by atomic mass is 10.1. The summed E-state index contributed by atoms with van der Waals surface area (Å²) in [6.07, 6.45) is 3.12. The van der Waals surface area contributed by atoms with Crippen LogP contribution in [0.5, 0.6) is 0 Å². The average Bonchev–Trinajstić information content (AvgIpc) is 3.01. The van der Waals surface area contributed by atoms with Crippen molar-refractivity contribution in [2.45, 2.75) is 6.54 Å². The number of primary amides is 1. The third-order valence-electron chi connectivity index (χ3n) is 3.74. The highest BCUT2D eigenvalue weighted by Gasteiger charge is 2.16. The molecule has 1 aromatic carbocycles. The van der Waals surface area contributed by atoms with Crippen LogP contribution >= 0.6 is 0 Å². The van der Waals surface area contributed by atoms with Gasteiger partial charge in [0.05, 0.1) is 23.0 Å². The number of halogens is 1. The number of hydrogen-bond acceptors (Lipinski definition) is 4. The highest BCUT2D eigenvalue weighted by Crippen LogP contribution is 2.25. The molecule has 0 aliphatic heterocycles. The minimum atomic E-state index is -0.675. The Morgan fingerprint density at radius 2 is 2.04 bits per heavy atom. The Kier molecular flexibility index (Phi) is 4.18. The van der Waals surface area contributed by atoms with Crippen LogP contribution in [-0.4, -0.2) is 45.6 Å². The molecule has 8 heteroatoms. The highest BCUT2D eigenvalue weighted by atomic mass is 19.1. The lowest BCUT2D eigenvalue weighted by Crippen LogP contribution is -2.26. The number of benzene rings is 1. The van der Waals surface area contributed by atoms with E-state index < -0.39 is 11.7 Å². The predicted molar refractivity (Wildman–Crippen MR) is 90.1 cm³/mol. The van der Waals surface area contributed by atoms with Crippen molar-refractivity contribution >= 4 is 22.7 Å². The number of amides is 2. The number of likely N-dealkylation sites (N-methyl/N-ethyl adjacent to an activating group) is 1. The second-order valence-electron chi connectivity index (χ2n) is 5.80. The number of fused-ring (bicyclic) bond motifs is 1. The Labute approximate surface area is 142 Å². The fourth-order valence-electron chi connectivity index (χ4n) is 2.41. The maximum Gasteiger partial charge on any atom is 0.250 e. The lowest BCUT2D eigenvalue weighted by molar-refractivity contribution is -0.129. The molecule has 0 saturated heterocycles. The average molecular weight is 341 g/mol. The summed E-state index contributed by atoms with van der Waals surface area (Å²) in [4.78, 5) is 29.5.